The monoisotopic (exact) mass is 308 g/mol. The first-order valence-electron chi connectivity index (χ1n) is 8.16. The molecule has 2 aliphatic rings. The molecule has 118 valence electrons. The number of aryl methyl sites for hydroxylation is 1. The summed E-state index contributed by atoms with van der Waals surface area (Å²) in [6.07, 6.45) is 4.06. The molecule has 2 saturated heterocycles. The fraction of sp³-hybridized carbons (Fsp3) is 0.667. The maximum Gasteiger partial charge on any atom is 0.00766 e. The molecule has 1 aromatic rings. The zero-order valence-corrected chi connectivity index (χ0v) is 14.2. The maximum absolute atomic E-state index is 3.54. The van der Waals surface area contributed by atoms with Gasteiger partial charge in [-0.1, -0.05) is 36.8 Å². The van der Waals surface area contributed by atoms with Crippen molar-refractivity contribution in [1.29, 1.82) is 0 Å². The smallest absolute Gasteiger partial charge is 0.00766 e. The Bertz CT molecular complexity index is 439. The molecule has 1 aromatic carbocycles. The topological polar surface area (TPSA) is 15.3 Å². The fourth-order valence-electron chi connectivity index (χ4n) is 3.85. The predicted molar refractivity (Wildman–Crippen MR) is 92.4 cm³/mol. The maximum atomic E-state index is 3.54. The van der Waals surface area contributed by atoms with Crippen LogP contribution in [0, 0.1) is 12.8 Å². The number of nitrogens with zero attached hydrogens (tertiary/aromatic N) is 1. The number of halogens is 1. The number of rotatable bonds is 3. The molecule has 2 atom stereocenters. The van der Waals surface area contributed by atoms with Crippen molar-refractivity contribution in [1.82, 2.24) is 10.2 Å². The van der Waals surface area contributed by atoms with Gasteiger partial charge in [-0.15, -0.1) is 12.4 Å². The summed E-state index contributed by atoms with van der Waals surface area (Å²) in [5.74, 6) is 0.865. The van der Waals surface area contributed by atoms with E-state index >= 15 is 0 Å². The third-order valence-corrected chi connectivity index (χ3v) is 5.22. The van der Waals surface area contributed by atoms with E-state index in [1.165, 1.54) is 63.1 Å². The molecule has 3 heteroatoms. The van der Waals surface area contributed by atoms with Crippen LogP contribution in [0.5, 0.6) is 0 Å². The van der Waals surface area contributed by atoms with Gasteiger partial charge in [0, 0.05) is 18.5 Å². The second-order valence-electron chi connectivity index (χ2n) is 7.12. The Morgan fingerprint density at radius 1 is 1.29 bits per heavy atom. The normalized spacial score (nSPS) is 30.1. The van der Waals surface area contributed by atoms with E-state index in [0.29, 0.717) is 5.41 Å². The van der Waals surface area contributed by atoms with E-state index in [4.69, 9.17) is 0 Å². The molecule has 0 radical (unpaired) electrons. The van der Waals surface area contributed by atoms with Crippen LogP contribution in [-0.2, 0) is 5.41 Å². The summed E-state index contributed by atoms with van der Waals surface area (Å²) >= 11 is 0. The minimum absolute atomic E-state index is 0. The number of hydrogen-bond acceptors (Lipinski definition) is 2. The molecule has 2 fully saturated rings. The molecule has 2 aliphatic heterocycles. The summed E-state index contributed by atoms with van der Waals surface area (Å²) in [5, 5.41) is 3.54. The predicted octanol–water partition coefficient (Wildman–Crippen LogP) is 3.38. The fourth-order valence-corrected chi connectivity index (χ4v) is 3.85. The largest absolute Gasteiger partial charge is 0.316 e. The van der Waals surface area contributed by atoms with Gasteiger partial charge in [-0.25, -0.2) is 0 Å². The Balaban J connectivity index is 0.00000161. The molecule has 1 N–H and O–H groups in total. The van der Waals surface area contributed by atoms with E-state index in [0.717, 1.165) is 5.92 Å². The average Bonchev–Trinajstić information content (AvgIpc) is 2.83. The van der Waals surface area contributed by atoms with E-state index < -0.39 is 0 Å². The van der Waals surface area contributed by atoms with Crippen molar-refractivity contribution in [2.75, 3.05) is 32.7 Å². The van der Waals surface area contributed by atoms with Crippen LogP contribution in [0.4, 0.5) is 0 Å². The second kappa shape index (κ2) is 7.13. The second-order valence-corrected chi connectivity index (χ2v) is 7.12. The van der Waals surface area contributed by atoms with Crippen molar-refractivity contribution in [2.24, 2.45) is 5.92 Å². The molecular formula is C18H29ClN2. The van der Waals surface area contributed by atoms with E-state index in [2.05, 4.69) is 48.3 Å². The number of piperidine rings is 1. The van der Waals surface area contributed by atoms with E-state index in [1.807, 2.05) is 0 Å². The SMILES string of the molecule is Cc1ccc(C2(C)CCN(CC3CCCNC3)C2)cc1.Cl. The first-order chi connectivity index (χ1) is 9.66. The molecule has 3 rings (SSSR count). The zero-order valence-electron chi connectivity index (χ0n) is 13.4. The average molecular weight is 309 g/mol. The van der Waals surface area contributed by atoms with Gasteiger partial charge in [0.25, 0.3) is 0 Å². The molecule has 21 heavy (non-hydrogen) atoms. The van der Waals surface area contributed by atoms with Gasteiger partial charge in [0.2, 0.25) is 0 Å². The molecular weight excluding hydrogens is 280 g/mol. The standard InChI is InChI=1S/C18H28N2.ClH/c1-15-5-7-17(8-6-15)18(2)9-11-20(14-18)13-16-4-3-10-19-12-16;/h5-8,16,19H,3-4,9-14H2,1-2H3;1H. The van der Waals surface area contributed by atoms with Gasteiger partial charge in [-0.3, -0.25) is 0 Å². The number of likely N-dealkylation sites (tertiary alicyclic amines) is 1. The van der Waals surface area contributed by atoms with Crippen molar-refractivity contribution in [3.05, 3.63) is 35.4 Å². The molecule has 2 unspecified atom stereocenters. The summed E-state index contributed by atoms with van der Waals surface area (Å²) in [5.41, 5.74) is 3.24. The molecule has 2 nitrogen and oxygen atoms in total. The molecule has 0 amide bonds. The molecule has 0 aliphatic carbocycles. The van der Waals surface area contributed by atoms with Gasteiger partial charge in [-0.2, -0.15) is 0 Å². The van der Waals surface area contributed by atoms with Crippen molar-refractivity contribution in [2.45, 2.75) is 38.5 Å². The van der Waals surface area contributed by atoms with Gasteiger partial charge in [-0.05, 0) is 57.3 Å². The molecule has 0 spiro atoms. The van der Waals surface area contributed by atoms with E-state index in [1.54, 1.807) is 0 Å². The van der Waals surface area contributed by atoms with E-state index in [9.17, 15) is 0 Å². The molecule has 0 bridgehead atoms. The first kappa shape index (κ1) is 16.8. The Kier molecular flexibility index (Phi) is 5.70. The third-order valence-electron chi connectivity index (χ3n) is 5.22. The van der Waals surface area contributed by atoms with Gasteiger partial charge >= 0.3 is 0 Å². The van der Waals surface area contributed by atoms with Crippen molar-refractivity contribution >= 4 is 12.4 Å². The third kappa shape index (κ3) is 4.00. The van der Waals surface area contributed by atoms with Crippen LogP contribution in [-0.4, -0.2) is 37.6 Å². The van der Waals surface area contributed by atoms with Gasteiger partial charge < -0.3 is 10.2 Å². The minimum atomic E-state index is 0. The van der Waals surface area contributed by atoms with Crippen molar-refractivity contribution < 1.29 is 0 Å². The van der Waals surface area contributed by atoms with E-state index in [-0.39, 0.29) is 12.4 Å². The van der Waals surface area contributed by atoms with Gasteiger partial charge in [0.15, 0.2) is 0 Å². The lowest BCUT2D eigenvalue weighted by Gasteiger charge is -2.29. The van der Waals surface area contributed by atoms with Crippen LogP contribution >= 0.6 is 12.4 Å². The van der Waals surface area contributed by atoms with Crippen LogP contribution in [0.15, 0.2) is 24.3 Å². The molecule has 0 saturated carbocycles. The summed E-state index contributed by atoms with van der Waals surface area (Å²) in [6.45, 7) is 10.8. The molecule has 2 heterocycles. The highest BCUT2D eigenvalue weighted by molar-refractivity contribution is 5.85. The lowest BCUT2D eigenvalue weighted by atomic mass is 9.81. The molecule has 0 aromatic heterocycles. The highest BCUT2D eigenvalue weighted by atomic mass is 35.5. The lowest BCUT2D eigenvalue weighted by Crippen LogP contribution is -2.38. The Hall–Kier alpha value is -0.570. The number of nitrogens with one attached hydrogen (secondary N) is 1. The van der Waals surface area contributed by atoms with Crippen LogP contribution in [0.3, 0.4) is 0 Å². The van der Waals surface area contributed by atoms with Crippen molar-refractivity contribution in [3.63, 3.8) is 0 Å². The van der Waals surface area contributed by atoms with Crippen LogP contribution in [0.1, 0.15) is 37.3 Å². The summed E-state index contributed by atoms with van der Waals surface area (Å²) in [4.78, 5) is 2.69. The van der Waals surface area contributed by atoms with Gasteiger partial charge in [0.1, 0.15) is 0 Å². The summed E-state index contributed by atoms with van der Waals surface area (Å²) in [7, 11) is 0. The highest BCUT2D eigenvalue weighted by Gasteiger charge is 2.35. The Morgan fingerprint density at radius 3 is 2.71 bits per heavy atom. The zero-order chi connectivity index (χ0) is 14.0. The Morgan fingerprint density at radius 2 is 2.05 bits per heavy atom. The van der Waals surface area contributed by atoms with Gasteiger partial charge in [0.05, 0.1) is 0 Å². The number of benzene rings is 1. The van der Waals surface area contributed by atoms with Crippen LogP contribution in [0.2, 0.25) is 0 Å². The summed E-state index contributed by atoms with van der Waals surface area (Å²) < 4.78 is 0. The van der Waals surface area contributed by atoms with Crippen LogP contribution in [0.25, 0.3) is 0 Å². The highest BCUT2D eigenvalue weighted by Crippen LogP contribution is 2.34. The lowest BCUT2D eigenvalue weighted by molar-refractivity contribution is 0.234. The first-order valence-corrected chi connectivity index (χ1v) is 8.16. The van der Waals surface area contributed by atoms with Crippen molar-refractivity contribution in [3.8, 4) is 0 Å². The quantitative estimate of drug-likeness (QED) is 0.921. The summed E-state index contributed by atoms with van der Waals surface area (Å²) in [6, 6.07) is 9.19. The number of hydrogen-bond donors (Lipinski definition) is 1. The minimum Gasteiger partial charge on any atom is -0.316 e. The van der Waals surface area contributed by atoms with Crippen LogP contribution < -0.4 is 5.32 Å². The Labute approximate surface area is 135 Å².